The lowest BCUT2D eigenvalue weighted by molar-refractivity contribution is 0.101. The average molecular weight is 496 g/mol. The van der Waals surface area contributed by atoms with Crippen molar-refractivity contribution in [2.75, 3.05) is 27.9 Å². The number of rotatable bonds is 8. The summed E-state index contributed by atoms with van der Waals surface area (Å²) in [4.78, 5) is 12.1. The number of ether oxygens (including phenoxy) is 3. The fourth-order valence-electron chi connectivity index (χ4n) is 4.67. The van der Waals surface area contributed by atoms with Crippen LogP contribution in [0.4, 0.5) is 8.78 Å². The fourth-order valence-corrected chi connectivity index (χ4v) is 4.67. The van der Waals surface area contributed by atoms with Crippen LogP contribution in [0.15, 0.2) is 48.5 Å². The van der Waals surface area contributed by atoms with Crippen molar-refractivity contribution in [1.82, 2.24) is 4.57 Å². The van der Waals surface area contributed by atoms with E-state index in [1.54, 1.807) is 35.9 Å². The maximum atomic E-state index is 14.6. The zero-order valence-corrected chi connectivity index (χ0v) is 20.7. The quantitative estimate of drug-likeness (QED) is 0.293. The van der Waals surface area contributed by atoms with Crippen molar-refractivity contribution in [3.63, 3.8) is 0 Å². The summed E-state index contributed by atoms with van der Waals surface area (Å²) in [5, 5.41) is 11.3. The second-order valence-corrected chi connectivity index (χ2v) is 8.56. The van der Waals surface area contributed by atoms with Gasteiger partial charge in [-0.2, -0.15) is 0 Å². The van der Waals surface area contributed by atoms with Crippen LogP contribution < -0.4 is 9.47 Å². The molecular weight excluding hydrogens is 468 g/mol. The van der Waals surface area contributed by atoms with Gasteiger partial charge < -0.3 is 23.9 Å². The van der Waals surface area contributed by atoms with E-state index in [-0.39, 0.29) is 23.2 Å². The Balaban J connectivity index is 2.17. The Morgan fingerprint density at radius 1 is 1.00 bits per heavy atom. The van der Waals surface area contributed by atoms with Gasteiger partial charge in [-0.25, -0.2) is 8.78 Å². The fraction of sp³-hybridized carbons (Fsp3) is 0.250. The summed E-state index contributed by atoms with van der Waals surface area (Å²) in [6, 6.07) is 11.9. The van der Waals surface area contributed by atoms with Gasteiger partial charge in [-0.3, -0.25) is 4.79 Å². The molecule has 0 saturated carbocycles. The molecule has 1 heterocycles. The van der Waals surface area contributed by atoms with Crippen molar-refractivity contribution in [1.29, 1.82) is 0 Å². The summed E-state index contributed by atoms with van der Waals surface area (Å²) >= 11 is 0. The number of phenolic OH excluding ortho intramolecular Hbond substituents is 1. The molecule has 6 nitrogen and oxygen atoms in total. The van der Waals surface area contributed by atoms with E-state index in [9.17, 15) is 18.7 Å². The number of phenols is 1. The second kappa shape index (κ2) is 9.99. The summed E-state index contributed by atoms with van der Waals surface area (Å²) in [7, 11) is 4.41. The molecule has 0 bridgehead atoms. The largest absolute Gasteiger partial charge is 0.507 e. The summed E-state index contributed by atoms with van der Waals surface area (Å²) in [5.74, 6) is -1.43. The molecule has 0 radical (unpaired) electrons. The Morgan fingerprint density at radius 2 is 1.72 bits per heavy atom. The Labute approximate surface area is 207 Å². The highest BCUT2D eigenvalue weighted by Gasteiger charge is 2.27. The van der Waals surface area contributed by atoms with E-state index in [1.165, 1.54) is 39.3 Å². The zero-order chi connectivity index (χ0) is 26.1. The van der Waals surface area contributed by atoms with E-state index in [1.807, 2.05) is 6.92 Å². The van der Waals surface area contributed by atoms with Gasteiger partial charge in [0.2, 0.25) is 0 Å². The van der Waals surface area contributed by atoms with Crippen LogP contribution in [0.2, 0.25) is 0 Å². The molecule has 4 aromatic rings. The Kier molecular flexibility index (Phi) is 6.99. The molecule has 3 aromatic carbocycles. The number of nitrogens with zero attached hydrogens (tertiary/aromatic N) is 1. The number of benzene rings is 3. The van der Waals surface area contributed by atoms with E-state index in [4.69, 9.17) is 14.2 Å². The normalized spacial score (nSPS) is 12.1. The molecular formula is C28H27F2NO5. The van der Waals surface area contributed by atoms with Gasteiger partial charge in [-0.15, -0.1) is 0 Å². The highest BCUT2D eigenvalue weighted by atomic mass is 19.1. The number of halogens is 2. The predicted octanol–water partition coefficient (Wildman–Crippen LogP) is 6.25. The van der Waals surface area contributed by atoms with Gasteiger partial charge >= 0.3 is 0 Å². The van der Waals surface area contributed by atoms with Gasteiger partial charge in [0, 0.05) is 42.1 Å². The monoisotopic (exact) mass is 495 g/mol. The van der Waals surface area contributed by atoms with Crippen molar-refractivity contribution >= 4 is 16.7 Å². The number of aromatic nitrogens is 1. The standard InChI is InChI=1S/C28H27F2NO5/c1-15(14-34-3)28-26(17-6-8-20(16(2)32)24(10-17)35-4)27-22(11-18(29)12-23(27)33)31(28)19-7-9-21(30)25(13-19)36-5/h6-13,15,33H,14H2,1-5H3. The Hall–Kier alpha value is -3.91. The number of hydrogen-bond donors (Lipinski definition) is 1. The molecule has 0 fully saturated rings. The van der Waals surface area contributed by atoms with Crippen LogP contribution in [0.3, 0.4) is 0 Å². The maximum Gasteiger partial charge on any atom is 0.165 e. The van der Waals surface area contributed by atoms with E-state index < -0.39 is 11.6 Å². The Morgan fingerprint density at radius 3 is 2.36 bits per heavy atom. The predicted molar refractivity (Wildman–Crippen MR) is 134 cm³/mol. The van der Waals surface area contributed by atoms with Gasteiger partial charge in [0.15, 0.2) is 17.3 Å². The lowest BCUT2D eigenvalue weighted by Crippen LogP contribution is -2.10. The second-order valence-electron chi connectivity index (χ2n) is 8.56. The molecule has 0 aliphatic heterocycles. The third kappa shape index (κ3) is 4.28. The van der Waals surface area contributed by atoms with Gasteiger partial charge in [0.25, 0.3) is 0 Å². The van der Waals surface area contributed by atoms with Crippen LogP contribution in [-0.4, -0.2) is 43.4 Å². The van der Waals surface area contributed by atoms with Gasteiger partial charge in [-0.05, 0) is 42.8 Å². The molecule has 8 heteroatoms. The third-order valence-electron chi connectivity index (χ3n) is 6.20. The van der Waals surface area contributed by atoms with E-state index >= 15 is 0 Å². The number of Topliss-reactive ketones (excluding diaryl/α,β-unsaturated/α-hetero) is 1. The SMILES string of the molecule is COCC(C)c1c(-c2ccc(C(C)=O)c(OC)c2)c2c(O)cc(F)cc2n1-c1ccc(F)c(OC)c1. The van der Waals surface area contributed by atoms with Crippen molar-refractivity contribution in [2.45, 2.75) is 19.8 Å². The smallest absolute Gasteiger partial charge is 0.165 e. The minimum atomic E-state index is -0.630. The lowest BCUT2D eigenvalue weighted by atomic mass is 9.94. The highest BCUT2D eigenvalue weighted by molar-refractivity contribution is 6.04. The molecule has 1 unspecified atom stereocenters. The maximum absolute atomic E-state index is 14.6. The number of fused-ring (bicyclic) bond motifs is 1. The lowest BCUT2D eigenvalue weighted by Gasteiger charge is -2.19. The molecule has 1 atom stereocenters. The third-order valence-corrected chi connectivity index (χ3v) is 6.20. The first-order valence-electron chi connectivity index (χ1n) is 11.3. The van der Waals surface area contributed by atoms with E-state index in [2.05, 4.69) is 0 Å². The molecule has 188 valence electrons. The molecule has 0 saturated heterocycles. The first-order valence-corrected chi connectivity index (χ1v) is 11.3. The minimum Gasteiger partial charge on any atom is -0.507 e. The van der Waals surface area contributed by atoms with Gasteiger partial charge in [-0.1, -0.05) is 13.0 Å². The van der Waals surface area contributed by atoms with Crippen LogP contribution in [-0.2, 0) is 4.74 Å². The van der Waals surface area contributed by atoms with Crippen LogP contribution >= 0.6 is 0 Å². The van der Waals surface area contributed by atoms with Crippen LogP contribution in [0, 0.1) is 11.6 Å². The number of methoxy groups -OCH3 is 3. The van der Waals surface area contributed by atoms with Crippen molar-refractivity contribution < 1.29 is 32.9 Å². The van der Waals surface area contributed by atoms with Crippen LogP contribution in [0.25, 0.3) is 27.7 Å². The molecule has 0 amide bonds. The molecule has 1 aromatic heterocycles. The van der Waals surface area contributed by atoms with Crippen molar-refractivity contribution in [3.8, 4) is 34.1 Å². The van der Waals surface area contributed by atoms with Crippen LogP contribution in [0.5, 0.6) is 17.2 Å². The number of carbonyl (C=O) groups excluding carboxylic acids is 1. The number of hydrogen-bond acceptors (Lipinski definition) is 5. The molecule has 0 aliphatic carbocycles. The summed E-state index contributed by atoms with van der Waals surface area (Å²) in [6.45, 7) is 3.70. The van der Waals surface area contributed by atoms with Crippen molar-refractivity contribution in [2.24, 2.45) is 0 Å². The molecule has 1 N–H and O–H groups in total. The summed E-state index contributed by atoms with van der Waals surface area (Å²) < 4.78 is 46.8. The zero-order valence-electron chi connectivity index (χ0n) is 20.7. The van der Waals surface area contributed by atoms with E-state index in [0.717, 1.165) is 6.07 Å². The minimum absolute atomic E-state index is 0.0225. The number of aromatic hydroxyl groups is 1. The van der Waals surface area contributed by atoms with Gasteiger partial charge in [0.1, 0.15) is 17.3 Å². The molecule has 4 rings (SSSR count). The van der Waals surface area contributed by atoms with Crippen molar-refractivity contribution in [3.05, 3.63) is 71.4 Å². The number of carbonyl (C=O) groups is 1. The molecule has 0 spiro atoms. The first kappa shape index (κ1) is 25.2. The van der Waals surface area contributed by atoms with Crippen LogP contribution in [0.1, 0.15) is 35.8 Å². The Bertz CT molecular complexity index is 1460. The number of ketones is 1. The highest BCUT2D eigenvalue weighted by Crippen LogP contribution is 2.46. The first-order chi connectivity index (χ1) is 17.2. The van der Waals surface area contributed by atoms with E-state index in [0.29, 0.717) is 51.3 Å². The molecule has 0 aliphatic rings. The average Bonchev–Trinajstić information content (AvgIpc) is 3.19. The van der Waals surface area contributed by atoms with Gasteiger partial charge in [0.05, 0.1) is 37.3 Å². The molecule has 36 heavy (non-hydrogen) atoms. The summed E-state index contributed by atoms with van der Waals surface area (Å²) in [5.41, 5.74) is 3.26. The summed E-state index contributed by atoms with van der Waals surface area (Å²) in [6.07, 6.45) is 0. The topological polar surface area (TPSA) is 69.9 Å².